The zero-order valence-corrected chi connectivity index (χ0v) is 13.1. The summed E-state index contributed by atoms with van der Waals surface area (Å²) < 4.78 is 7.24. The summed E-state index contributed by atoms with van der Waals surface area (Å²) in [5, 5.41) is 14.3. The molecule has 0 radical (unpaired) electrons. The minimum atomic E-state index is -0.432. The molecule has 3 rings (SSSR count). The van der Waals surface area contributed by atoms with Gasteiger partial charge in [-0.2, -0.15) is 0 Å². The number of carbonyl (C=O) groups is 2. The molecule has 2 aliphatic heterocycles. The average Bonchev–Trinajstić information content (AvgIpc) is 3.22. The maximum absolute atomic E-state index is 12.3. The molecule has 0 saturated carbocycles. The van der Waals surface area contributed by atoms with Crippen LogP contribution in [0, 0.1) is 0 Å². The fourth-order valence-corrected chi connectivity index (χ4v) is 3.35. The van der Waals surface area contributed by atoms with Gasteiger partial charge in [0.15, 0.2) is 0 Å². The third-order valence-electron chi connectivity index (χ3n) is 3.65. The molecule has 1 aromatic rings. The van der Waals surface area contributed by atoms with Crippen molar-refractivity contribution >= 4 is 23.7 Å². The summed E-state index contributed by atoms with van der Waals surface area (Å²) >= 11 is 1.26. The average molecular weight is 326 g/mol. The lowest BCUT2D eigenvalue weighted by Gasteiger charge is -2.17. The molecule has 2 saturated heterocycles. The van der Waals surface area contributed by atoms with Crippen LogP contribution in [0.25, 0.3) is 0 Å². The number of tetrazole rings is 1. The van der Waals surface area contributed by atoms with Crippen LogP contribution in [0.5, 0.6) is 0 Å². The summed E-state index contributed by atoms with van der Waals surface area (Å²) in [6.07, 6.45) is 2.17. The first-order chi connectivity index (χ1) is 10.6. The van der Waals surface area contributed by atoms with E-state index in [9.17, 15) is 9.59 Å². The van der Waals surface area contributed by atoms with E-state index in [-0.39, 0.29) is 18.0 Å². The van der Waals surface area contributed by atoms with E-state index in [1.165, 1.54) is 16.7 Å². The second kappa shape index (κ2) is 6.61. The number of urea groups is 1. The summed E-state index contributed by atoms with van der Waals surface area (Å²) in [4.78, 5) is 25.0. The van der Waals surface area contributed by atoms with Crippen molar-refractivity contribution < 1.29 is 14.3 Å². The molecule has 0 spiro atoms. The number of nitrogens with zero attached hydrogens (tertiary/aromatic N) is 5. The zero-order valence-electron chi connectivity index (χ0n) is 12.3. The van der Waals surface area contributed by atoms with Gasteiger partial charge in [0, 0.05) is 19.7 Å². The van der Waals surface area contributed by atoms with E-state index in [0.717, 1.165) is 19.4 Å². The largest absolute Gasteiger partial charge is 0.376 e. The lowest BCUT2D eigenvalue weighted by Crippen LogP contribution is -2.39. The van der Waals surface area contributed by atoms with Crippen molar-refractivity contribution in [3.05, 3.63) is 0 Å². The topological polar surface area (TPSA) is 102 Å². The molecule has 0 bridgehead atoms. The van der Waals surface area contributed by atoms with Crippen molar-refractivity contribution in [3.63, 3.8) is 0 Å². The lowest BCUT2D eigenvalue weighted by molar-refractivity contribution is -0.126. The van der Waals surface area contributed by atoms with Crippen LogP contribution < -0.4 is 5.32 Å². The molecule has 3 amide bonds. The van der Waals surface area contributed by atoms with Gasteiger partial charge in [-0.15, -0.1) is 5.10 Å². The summed E-state index contributed by atoms with van der Waals surface area (Å²) in [7, 11) is 0. The second-order valence-electron chi connectivity index (χ2n) is 5.26. The van der Waals surface area contributed by atoms with E-state index in [1.54, 1.807) is 11.6 Å². The van der Waals surface area contributed by atoms with E-state index in [0.29, 0.717) is 24.8 Å². The second-order valence-corrected chi connectivity index (χ2v) is 6.57. The number of imide groups is 1. The molecule has 1 N–H and O–H groups in total. The van der Waals surface area contributed by atoms with E-state index in [2.05, 4.69) is 20.8 Å². The van der Waals surface area contributed by atoms with Crippen LogP contribution in [0.15, 0.2) is 5.16 Å². The highest BCUT2D eigenvalue weighted by molar-refractivity contribution is 8.00. The fourth-order valence-electron chi connectivity index (χ4n) is 2.49. The smallest absolute Gasteiger partial charge is 0.324 e. The van der Waals surface area contributed by atoms with Crippen LogP contribution in [-0.2, 0) is 16.1 Å². The highest BCUT2D eigenvalue weighted by Gasteiger charge is 2.31. The van der Waals surface area contributed by atoms with Gasteiger partial charge in [0.2, 0.25) is 11.1 Å². The van der Waals surface area contributed by atoms with Crippen LogP contribution >= 0.6 is 11.8 Å². The maximum Gasteiger partial charge on any atom is 0.324 e. The Hall–Kier alpha value is -1.68. The molecule has 3 heterocycles. The molecule has 22 heavy (non-hydrogen) atoms. The van der Waals surface area contributed by atoms with Gasteiger partial charge in [-0.25, -0.2) is 9.48 Å². The van der Waals surface area contributed by atoms with Gasteiger partial charge in [-0.1, -0.05) is 11.8 Å². The Morgan fingerprint density at radius 3 is 3.14 bits per heavy atom. The number of hydrogen-bond donors (Lipinski definition) is 1. The number of carbonyl (C=O) groups excluding carboxylic acids is 2. The predicted molar refractivity (Wildman–Crippen MR) is 77.2 cm³/mol. The molecular formula is C12H18N6O3S. The number of ether oxygens (including phenoxy) is 1. The van der Waals surface area contributed by atoms with Crippen LogP contribution in [0.3, 0.4) is 0 Å². The highest BCUT2D eigenvalue weighted by atomic mass is 32.2. The minimum Gasteiger partial charge on any atom is -0.376 e. The summed E-state index contributed by atoms with van der Waals surface area (Å²) in [6.45, 7) is 4.01. The van der Waals surface area contributed by atoms with Crippen LogP contribution in [0.1, 0.15) is 19.8 Å². The Labute approximate surface area is 131 Å². The fraction of sp³-hybridized carbons (Fsp3) is 0.750. The standard InChI is InChI=1S/C12H18N6O3S/c1-8(10(19)17-5-4-13-11(17)20)22-12-14-15-16-18(12)7-9-3-2-6-21-9/h8-9H,2-7H2,1H3,(H,13,20)/t8-,9-/m1/s1. The molecule has 1 aromatic heterocycles. The molecule has 9 nitrogen and oxygen atoms in total. The Bertz CT molecular complexity index is 559. The Morgan fingerprint density at radius 2 is 2.45 bits per heavy atom. The zero-order chi connectivity index (χ0) is 15.5. The van der Waals surface area contributed by atoms with Gasteiger partial charge in [0.25, 0.3) is 0 Å². The summed E-state index contributed by atoms with van der Waals surface area (Å²) in [5.41, 5.74) is 0. The maximum atomic E-state index is 12.3. The number of hydrogen-bond acceptors (Lipinski definition) is 7. The molecule has 120 valence electrons. The molecule has 10 heteroatoms. The van der Waals surface area contributed by atoms with Crippen LogP contribution in [0.4, 0.5) is 4.79 Å². The van der Waals surface area contributed by atoms with Crippen LogP contribution in [-0.4, -0.2) is 68.1 Å². The van der Waals surface area contributed by atoms with Gasteiger partial charge in [0.05, 0.1) is 17.9 Å². The van der Waals surface area contributed by atoms with Crippen molar-refractivity contribution in [1.29, 1.82) is 0 Å². The normalized spacial score (nSPS) is 22.9. The third-order valence-corrected chi connectivity index (χ3v) is 4.71. The van der Waals surface area contributed by atoms with Crippen molar-refractivity contribution in [2.24, 2.45) is 0 Å². The molecule has 0 unspecified atom stereocenters. The number of amides is 3. The quantitative estimate of drug-likeness (QED) is 0.753. The number of nitrogens with one attached hydrogen (secondary N) is 1. The molecule has 2 fully saturated rings. The Balaban J connectivity index is 1.61. The third kappa shape index (κ3) is 3.22. The number of rotatable bonds is 5. The highest BCUT2D eigenvalue weighted by Crippen LogP contribution is 2.23. The van der Waals surface area contributed by atoms with Gasteiger partial charge < -0.3 is 10.1 Å². The molecule has 0 aromatic carbocycles. The SMILES string of the molecule is C[C@@H](Sc1nnnn1C[C@H]1CCCO1)C(=O)N1CCNC1=O. The summed E-state index contributed by atoms with van der Waals surface area (Å²) in [6, 6.07) is -0.337. The van der Waals surface area contributed by atoms with Crippen molar-refractivity contribution in [2.75, 3.05) is 19.7 Å². The molecule has 0 aliphatic carbocycles. The van der Waals surface area contributed by atoms with Gasteiger partial charge in [-0.05, 0) is 30.2 Å². The molecular weight excluding hydrogens is 308 g/mol. The minimum absolute atomic E-state index is 0.123. The first-order valence-corrected chi connectivity index (χ1v) is 8.17. The van der Waals surface area contributed by atoms with Gasteiger partial charge in [0.1, 0.15) is 0 Å². The van der Waals surface area contributed by atoms with Gasteiger partial charge >= 0.3 is 6.03 Å². The van der Waals surface area contributed by atoms with Crippen molar-refractivity contribution in [3.8, 4) is 0 Å². The summed E-state index contributed by atoms with van der Waals surface area (Å²) in [5.74, 6) is -0.230. The first kappa shape index (κ1) is 15.2. The number of thioether (sulfide) groups is 1. The Morgan fingerprint density at radius 1 is 1.59 bits per heavy atom. The van der Waals surface area contributed by atoms with Gasteiger partial charge in [-0.3, -0.25) is 9.69 Å². The van der Waals surface area contributed by atoms with E-state index in [1.807, 2.05) is 0 Å². The first-order valence-electron chi connectivity index (χ1n) is 7.29. The van der Waals surface area contributed by atoms with E-state index >= 15 is 0 Å². The van der Waals surface area contributed by atoms with E-state index in [4.69, 9.17) is 4.74 Å². The van der Waals surface area contributed by atoms with Crippen molar-refractivity contribution in [1.82, 2.24) is 30.4 Å². The Kier molecular flexibility index (Phi) is 4.57. The van der Waals surface area contributed by atoms with Crippen LogP contribution in [0.2, 0.25) is 0 Å². The van der Waals surface area contributed by atoms with E-state index < -0.39 is 5.25 Å². The lowest BCUT2D eigenvalue weighted by atomic mass is 10.2. The van der Waals surface area contributed by atoms with Crippen molar-refractivity contribution in [2.45, 2.75) is 42.8 Å². The number of aromatic nitrogens is 4. The monoisotopic (exact) mass is 326 g/mol. The molecule has 2 aliphatic rings. The molecule has 2 atom stereocenters. The predicted octanol–water partition coefficient (Wildman–Crippen LogP) is -0.115.